The molecule has 1 heterocycles. The number of nitrogens with two attached hydrogens (primary N) is 1. The molecule has 0 saturated carbocycles. The number of hydrogen-bond donors (Lipinski definition) is 1. The Labute approximate surface area is 92.6 Å². The van der Waals surface area contributed by atoms with E-state index >= 15 is 0 Å². The van der Waals surface area contributed by atoms with Crippen molar-refractivity contribution in [1.82, 2.24) is 4.90 Å². The third-order valence-corrected chi connectivity index (χ3v) is 4.13. The van der Waals surface area contributed by atoms with Gasteiger partial charge in [0, 0.05) is 36.2 Å². The predicted molar refractivity (Wildman–Crippen MR) is 65.8 cm³/mol. The second-order valence-corrected chi connectivity index (χ2v) is 7.05. The van der Waals surface area contributed by atoms with Crippen molar-refractivity contribution < 1.29 is 0 Å². The number of hydrogen-bond acceptors (Lipinski definition) is 3. The van der Waals surface area contributed by atoms with E-state index in [4.69, 9.17) is 5.73 Å². The Bertz CT molecular complexity index is 180. The van der Waals surface area contributed by atoms with Crippen LogP contribution in [0, 0.1) is 5.92 Å². The van der Waals surface area contributed by atoms with E-state index in [1.165, 1.54) is 18.8 Å². The fourth-order valence-corrected chi connectivity index (χ4v) is 2.95. The van der Waals surface area contributed by atoms with Gasteiger partial charge in [-0.15, -0.1) is 0 Å². The maximum atomic E-state index is 6.09. The minimum Gasteiger partial charge on any atom is -0.326 e. The summed E-state index contributed by atoms with van der Waals surface area (Å²) in [4.78, 5) is 2.52. The van der Waals surface area contributed by atoms with Crippen molar-refractivity contribution >= 4 is 11.8 Å². The van der Waals surface area contributed by atoms with Crippen LogP contribution >= 0.6 is 11.8 Å². The molecule has 1 fully saturated rings. The lowest BCUT2D eigenvalue weighted by atomic mass is 10.0. The molecule has 0 aromatic heterocycles. The molecule has 0 aromatic rings. The molecule has 1 aliphatic rings. The highest BCUT2D eigenvalue weighted by Crippen LogP contribution is 2.29. The summed E-state index contributed by atoms with van der Waals surface area (Å²) < 4.78 is 0.412. The van der Waals surface area contributed by atoms with Crippen LogP contribution in [0.5, 0.6) is 0 Å². The van der Waals surface area contributed by atoms with E-state index in [1.807, 2.05) is 0 Å². The van der Waals surface area contributed by atoms with Crippen LogP contribution < -0.4 is 5.73 Å². The molecule has 0 spiro atoms. The van der Waals surface area contributed by atoms with Crippen LogP contribution in [0.25, 0.3) is 0 Å². The van der Waals surface area contributed by atoms with Crippen LogP contribution in [0.15, 0.2) is 0 Å². The third kappa shape index (κ3) is 3.79. The first kappa shape index (κ1) is 12.3. The molecule has 84 valence electrons. The van der Waals surface area contributed by atoms with Crippen LogP contribution in [0.3, 0.4) is 0 Å². The smallest absolute Gasteiger partial charge is 0.0231 e. The highest BCUT2D eigenvalue weighted by Gasteiger charge is 2.27. The Morgan fingerprint density at radius 1 is 1.43 bits per heavy atom. The Kier molecular flexibility index (Phi) is 4.29. The normalized spacial score (nSPS) is 25.3. The minimum atomic E-state index is 0.328. The number of rotatable bonds is 3. The van der Waals surface area contributed by atoms with E-state index in [2.05, 4.69) is 44.4 Å². The van der Waals surface area contributed by atoms with Gasteiger partial charge in [0.15, 0.2) is 0 Å². The largest absolute Gasteiger partial charge is 0.326 e. The summed E-state index contributed by atoms with van der Waals surface area (Å²) in [6.45, 7) is 12.5. The average molecular weight is 216 g/mol. The summed E-state index contributed by atoms with van der Waals surface area (Å²) in [7, 11) is 0. The van der Waals surface area contributed by atoms with Crippen LogP contribution in [0.1, 0.15) is 27.7 Å². The molecule has 1 saturated heterocycles. The van der Waals surface area contributed by atoms with Gasteiger partial charge in [-0.25, -0.2) is 0 Å². The molecule has 2 N–H and O–H groups in total. The van der Waals surface area contributed by atoms with Gasteiger partial charge in [0.2, 0.25) is 0 Å². The standard InChI is InChI=1S/C11H24N2S/c1-9(2)10(12)7-13-5-6-14-11(3,4)8-13/h9-10H,5-8,12H2,1-4H3. The van der Waals surface area contributed by atoms with Crippen molar-refractivity contribution in [1.29, 1.82) is 0 Å². The molecule has 2 nitrogen and oxygen atoms in total. The summed E-state index contributed by atoms with van der Waals surface area (Å²) in [5.74, 6) is 1.84. The average Bonchev–Trinajstić information content (AvgIpc) is 2.01. The molecule has 0 amide bonds. The zero-order chi connectivity index (χ0) is 10.8. The van der Waals surface area contributed by atoms with E-state index in [9.17, 15) is 0 Å². The Morgan fingerprint density at radius 2 is 2.07 bits per heavy atom. The summed E-state index contributed by atoms with van der Waals surface area (Å²) in [6, 6.07) is 0.328. The number of thioether (sulfide) groups is 1. The Morgan fingerprint density at radius 3 is 2.57 bits per heavy atom. The zero-order valence-electron chi connectivity index (χ0n) is 9.92. The molecular weight excluding hydrogens is 192 g/mol. The first-order chi connectivity index (χ1) is 6.41. The van der Waals surface area contributed by atoms with Crippen LogP contribution in [0.2, 0.25) is 0 Å². The van der Waals surface area contributed by atoms with Gasteiger partial charge in [0.25, 0.3) is 0 Å². The molecule has 1 aliphatic heterocycles. The van der Waals surface area contributed by atoms with E-state index in [-0.39, 0.29) is 0 Å². The molecule has 0 aromatic carbocycles. The lowest BCUT2D eigenvalue weighted by Crippen LogP contribution is -2.49. The quantitative estimate of drug-likeness (QED) is 0.780. The van der Waals surface area contributed by atoms with Crippen molar-refractivity contribution in [3.8, 4) is 0 Å². The maximum Gasteiger partial charge on any atom is 0.0231 e. The van der Waals surface area contributed by atoms with Crippen LogP contribution in [-0.2, 0) is 0 Å². The molecule has 1 atom stereocenters. The highest BCUT2D eigenvalue weighted by molar-refractivity contribution is 8.00. The molecule has 3 heteroatoms. The molecular formula is C11H24N2S. The van der Waals surface area contributed by atoms with Crippen molar-refractivity contribution in [2.45, 2.75) is 38.5 Å². The predicted octanol–water partition coefficient (Wildman–Crippen LogP) is 1.80. The van der Waals surface area contributed by atoms with Gasteiger partial charge < -0.3 is 5.73 Å². The highest BCUT2D eigenvalue weighted by atomic mass is 32.2. The fourth-order valence-electron chi connectivity index (χ4n) is 1.78. The second kappa shape index (κ2) is 4.86. The molecule has 1 rings (SSSR count). The number of nitrogens with zero attached hydrogens (tertiary/aromatic N) is 1. The van der Waals surface area contributed by atoms with Crippen molar-refractivity contribution in [2.75, 3.05) is 25.4 Å². The lowest BCUT2D eigenvalue weighted by molar-refractivity contribution is 0.228. The third-order valence-electron chi connectivity index (χ3n) is 2.83. The van der Waals surface area contributed by atoms with Crippen LogP contribution in [-0.4, -0.2) is 41.1 Å². The Balaban J connectivity index is 2.38. The maximum absolute atomic E-state index is 6.09. The summed E-state index contributed by atoms with van der Waals surface area (Å²) in [5.41, 5.74) is 6.09. The van der Waals surface area contributed by atoms with E-state index < -0.39 is 0 Å². The van der Waals surface area contributed by atoms with Gasteiger partial charge in [-0.3, -0.25) is 4.90 Å². The monoisotopic (exact) mass is 216 g/mol. The van der Waals surface area contributed by atoms with Gasteiger partial charge in [0.05, 0.1) is 0 Å². The van der Waals surface area contributed by atoms with Crippen LogP contribution in [0.4, 0.5) is 0 Å². The molecule has 14 heavy (non-hydrogen) atoms. The first-order valence-electron chi connectivity index (χ1n) is 5.52. The summed E-state index contributed by atoms with van der Waals surface area (Å²) in [6.07, 6.45) is 0. The van der Waals surface area contributed by atoms with Gasteiger partial charge in [0.1, 0.15) is 0 Å². The first-order valence-corrected chi connectivity index (χ1v) is 6.51. The van der Waals surface area contributed by atoms with Crippen molar-refractivity contribution in [3.05, 3.63) is 0 Å². The van der Waals surface area contributed by atoms with E-state index in [0.29, 0.717) is 16.7 Å². The van der Waals surface area contributed by atoms with Gasteiger partial charge >= 0.3 is 0 Å². The zero-order valence-corrected chi connectivity index (χ0v) is 10.7. The topological polar surface area (TPSA) is 29.3 Å². The summed E-state index contributed by atoms with van der Waals surface area (Å²) in [5, 5.41) is 0. The molecule has 0 aliphatic carbocycles. The minimum absolute atomic E-state index is 0.328. The van der Waals surface area contributed by atoms with Gasteiger partial charge in [-0.05, 0) is 19.8 Å². The molecule has 0 radical (unpaired) electrons. The van der Waals surface area contributed by atoms with Crippen molar-refractivity contribution in [2.24, 2.45) is 11.7 Å². The van der Waals surface area contributed by atoms with Gasteiger partial charge in [-0.1, -0.05) is 13.8 Å². The summed E-state index contributed by atoms with van der Waals surface area (Å²) >= 11 is 2.08. The fraction of sp³-hybridized carbons (Fsp3) is 1.00. The molecule has 1 unspecified atom stereocenters. The van der Waals surface area contributed by atoms with E-state index in [0.717, 1.165) is 6.54 Å². The second-order valence-electron chi connectivity index (χ2n) is 5.25. The molecule has 0 bridgehead atoms. The van der Waals surface area contributed by atoms with Crippen molar-refractivity contribution in [3.63, 3.8) is 0 Å². The SMILES string of the molecule is CC(C)C(N)CN1CCSC(C)(C)C1. The van der Waals surface area contributed by atoms with Gasteiger partial charge in [-0.2, -0.15) is 11.8 Å². The lowest BCUT2D eigenvalue weighted by Gasteiger charge is -2.39. The van der Waals surface area contributed by atoms with E-state index in [1.54, 1.807) is 0 Å². The Hall–Kier alpha value is 0.270.